The molecule has 6 heteroatoms. The van der Waals surface area contributed by atoms with Gasteiger partial charge >= 0.3 is 5.97 Å². The zero-order chi connectivity index (χ0) is 12.7. The van der Waals surface area contributed by atoms with Gasteiger partial charge in [0.05, 0.1) is 13.5 Å². The topological polar surface area (TPSA) is 55.4 Å². The van der Waals surface area contributed by atoms with Crippen LogP contribution in [0.2, 0.25) is 0 Å². The molecule has 1 aromatic heterocycles. The van der Waals surface area contributed by atoms with Crippen molar-refractivity contribution in [3.8, 4) is 0 Å². The quantitative estimate of drug-likeness (QED) is 0.817. The standard InChI is InChI=1S/C11H14BrNO3S/c1-16-11(15)3-2-10(14)13-5-4-9-6-8(12)7-17-9/h6-7H,2-5H2,1H3,(H,13,14). The van der Waals surface area contributed by atoms with Gasteiger partial charge in [-0.05, 0) is 28.4 Å². The van der Waals surface area contributed by atoms with E-state index in [1.165, 1.54) is 12.0 Å². The first kappa shape index (κ1) is 14.2. The number of amides is 1. The second kappa shape index (κ2) is 7.45. The molecular weight excluding hydrogens is 306 g/mol. The van der Waals surface area contributed by atoms with E-state index in [9.17, 15) is 9.59 Å². The van der Waals surface area contributed by atoms with Gasteiger partial charge in [0, 0.05) is 27.7 Å². The van der Waals surface area contributed by atoms with Crippen LogP contribution in [0.25, 0.3) is 0 Å². The van der Waals surface area contributed by atoms with Crippen LogP contribution in [-0.4, -0.2) is 25.5 Å². The first-order valence-corrected chi connectivity index (χ1v) is 6.85. The molecule has 1 N–H and O–H groups in total. The van der Waals surface area contributed by atoms with Gasteiger partial charge in [-0.2, -0.15) is 0 Å². The Labute approximate surface area is 112 Å². The molecule has 17 heavy (non-hydrogen) atoms. The van der Waals surface area contributed by atoms with Gasteiger partial charge in [-0.1, -0.05) is 0 Å². The van der Waals surface area contributed by atoms with Gasteiger partial charge < -0.3 is 10.1 Å². The van der Waals surface area contributed by atoms with Crippen LogP contribution in [0.4, 0.5) is 0 Å². The molecule has 1 heterocycles. The van der Waals surface area contributed by atoms with Gasteiger partial charge in [0.15, 0.2) is 0 Å². The van der Waals surface area contributed by atoms with Gasteiger partial charge in [-0.3, -0.25) is 9.59 Å². The number of ether oxygens (including phenoxy) is 1. The van der Waals surface area contributed by atoms with Crippen molar-refractivity contribution in [3.05, 3.63) is 20.8 Å². The summed E-state index contributed by atoms with van der Waals surface area (Å²) in [6.07, 6.45) is 1.12. The summed E-state index contributed by atoms with van der Waals surface area (Å²) < 4.78 is 5.52. The molecule has 1 aromatic rings. The fraction of sp³-hybridized carbons (Fsp3) is 0.455. The third-order valence-corrected chi connectivity index (χ3v) is 3.86. The lowest BCUT2D eigenvalue weighted by Crippen LogP contribution is -2.25. The maximum Gasteiger partial charge on any atom is 0.306 e. The van der Waals surface area contributed by atoms with Gasteiger partial charge in [0.25, 0.3) is 0 Å². The highest BCUT2D eigenvalue weighted by Crippen LogP contribution is 2.19. The minimum Gasteiger partial charge on any atom is -0.469 e. The van der Waals surface area contributed by atoms with E-state index in [0.29, 0.717) is 6.54 Å². The highest BCUT2D eigenvalue weighted by Gasteiger charge is 2.06. The lowest BCUT2D eigenvalue weighted by molar-refractivity contribution is -0.142. The molecule has 0 aromatic carbocycles. The van der Waals surface area contributed by atoms with Crippen molar-refractivity contribution in [2.24, 2.45) is 0 Å². The van der Waals surface area contributed by atoms with Crippen LogP contribution in [0.1, 0.15) is 17.7 Å². The van der Waals surface area contributed by atoms with Gasteiger partial charge in [0.2, 0.25) is 5.91 Å². The Kier molecular flexibility index (Phi) is 6.21. The zero-order valence-electron chi connectivity index (χ0n) is 9.49. The average Bonchev–Trinajstić information content (AvgIpc) is 2.72. The molecule has 0 aliphatic rings. The summed E-state index contributed by atoms with van der Waals surface area (Å²) in [6, 6.07) is 2.03. The van der Waals surface area contributed by atoms with E-state index in [2.05, 4.69) is 26.0 Å². The molecular formula is C11H14BrNO3S. The summed E-state index contributed by atoms with van der Waals surface area (Å²) in [5.41, 5.74) is 0. The van der Waals surface area contributed by atoms with Crippen LogP contribution >= 0.6 is 27.3 Å². The van der Waals surface area contributed by atoms with Crippen LogP contribution in [0.5, 0.6) is 0 Å². The summed E-state index contributed by atoms with van der Waals surface area (Å²) in [5, 5.41) is 4.77. The monoisotopic (exact) mass is 319 g/mol. The highest BCUT2D eigenvalue weighted by atomic mass is 79.9. The van der Waals surface area contributed by atoms with Crippen LogP contribution < -0.4 is 5.32 Å². The Morgan fingerprint density at radius 1 is 1.47 bits per heavy atom. The van der Waals surface area contributed by atoms with Crippen LogP contribution in [0.15, 0.2) is 15.9 Å². The van der Waals surface area contributed by atoms with E-state index >= 15 is 0 Å². The maximum absolute atomic E-state index is 11.3. The first-order valence-electron chi connectivity index (χ1n) is 5.18. The number of methoxy groups -OCH3 is 1. The minimum absolute atomic E-state index is 0.119. The third kappa shape index (κ3) is 5.83. The normalized spacial score (nSPS) is 10.0. The van der Waals surface area contributed by atoms with Gasteiger partial charge in [0.1, 0.15) is 0 Å². The van der Waals surface area contributed by atoms with E-state index in [1.54, 1.807) is 11.3 Å². The van der Waals surface area contributed by atoms with Crippen LogP contribution in [0, 0.1) is 0 Å². The molecule has 94 valence electrons. The Morgan fingerprint density at radius 3 is 2.82 bits per heavy atom. The molecule has 4 nitrogen and oxygen atoms in total. The van der Waals surface area contributed by atoms with Crippen molar-refractivity contribution in [1.82, 2.24) is 5.32 Å². The summed E-state index contributed by atoms with van der Waals surface area (Å²) in [5.74, 6) is -0.478. The predicted molar refractivity (Wildman–Crippen MR) is 70.0 cm³/mol. The number of carbonyl (C=O) groups is 2. The third-order valence-electron chi connectivity index (χ3n) is 2.10. The number of halogens is 1. The van der Waals surface area contributed by atoms with Gasteiger partial charge in [-0.15, -0.1) is 11.3 Å². The Morgan fingerprint density at radius 2 is 2.24 bits per heavy atom. The van der Waals surface area contributed by atoms with Crippen molar-refractivity contribution in [2.45, 2.75) is 19.3 Å². The van der Waals surface area contributed by atoms with E-state index < -0.39 is 0 Å². The SMILES string of the molecule is COC(=O)CCC(=O)NCCc1cc(Br)cs1. The molecule has 0 bridgehead atoms. The molecule has 0 fully saturated rings. The Bertz CT molecular complexity index is 392. The molecule has 0 radical (unpaired) electrons. The summed E-state index contributed by atoms with van der Waals surface area (Å²) in [7, 11) is 1.31. The lowest BCUT2D eigenvalue weighted by Gasteiger charge is -2.03. The second-order valence-corrected chi connectivity index (χ2v) is 5.32. The smallest absolute Gasteiger partial charge is 0.306 e. The molecule has 0 unspecified atom stereocenters. The fourth-order valence-corrected chi connectivity index (χ4v) is 2.67. The Balaban J connectivity index is 2.14. The summed E-state index contributed by atoms with van der Waals surface area (Å²) >= 11 is 5.02. The van der Waals surface area contributed by atoms with Crippen molar-refractivity contribution >= 4 is 39.1 Å². The van der Waals surface area contributed by atoms with E-state index in [4.69, 9.17) is 0 Å². The molecule has 0 atom stereocenters. The van der Waals surface area contributed by atoms with Crippen LogP contribution in [0.3, 0.4) is 0 Å². The lowest BCUT2D eigenvalue weighted by atomic mass is 10.3. The minimum atomic E-state index is -0.359. The molecule has 1 rings (SSSR count). The first-order chi connectivity index (χ1) is 8.11. The maximum atomic E-state index is 11.3. The van der Waals surface area contributed by atoms with E-state index in [-0.39, 0.29) is 24.7 Å². The van der Waals surface area contributed by atoms with Crippen LogP contribution in [-0.2, 0) is 20.7 Å². The molecule has 0 aliphatic heterocycles. The molecule has 0 aliphatic carbocycles. The van der Waals surface area contributed by atoms with Crippen molar-refractivity contribution in [3.63, 3.8) is 0 Å². The number of hydrogen-bond acceptors (Lipinski definition) is 4. The zero-order valence-corrected chi connectivity index (χ0v) is 11.9. The predicted octanol–water partition coefficient (Wildman–Crippen LogP) is 2.12. The second-order valence-electron chi connectivity index (χ2n) is 3.41. The largest absolute Gasteiger partial charge is 0.469 e. The number of carbonyl (C=O) groups excluding carboxylic acids is 2. The van der Waals surface area contributed by atoms with Crippen molar-refractivity contribution in [1.29, 1.82) is 0 Å². The average molecular weight is 320 g/mol. The van der Waals surface area contributed by atoms with E-state index in [0.717, 1.165) is 10.9 Å². The summed E-state index contributed by atoms with van der Waals surface area (Å²) in [4.78, 5) is 23.4. The summed E-state index contributed by atoms with van der Waals surface area (Å²) in [6.45, 7) is 0.590. The fourth-order valence-electron chi connectivity index (χ4n) is 1.22. The highest BCUT2D eigenvalue weighted by molar-refractivity contribution is 9.10. The molecule has 0 spiro atoms. The number of esters is 1. The molecule has 0 saturated carbocycles. The van der Waals surface area contributed by atoms with E-state index in [1.807, 2.05) is 11.4 Å². The number of hydrogen-bond donors (Lipinski definition) is 1. The van der Waals surface area contributed by atoms with Crippen molar-refractivity contribution < 1.29 is 14.3 Å². The Hall–Kier alpha value is -0.880. The molecule has 0 saturated heterocycles. The number of rotatable bonds is 6. The molecule has 1 amide bonds. The number of thiophene rings is 1. The van der Waals surface area contributed by atoms with Crippen molar-refractivity contribution in [2.75, 3.05) is 13.7 Å². The van der Waals surface area contributed by atoms with Gasteiger partial charge in [-0.25, -0.2) is 0 Å². The number of nitrogens with one attached hydrogen (secondary N) is 1.